The van der Waals surface area contributed by atoms with Crippen LogP contribution in [0.4, 0.5) is 0 Å². The molecule has 1 radical (unpaired) electrons. The first kappa shape index (κ1) is 8.80. The summed E-state index contributed by atoms with van der Waals surface area (Å²) in [5.41, 5.74) is 0. The minimum absolute atomic E-state index is 0.128. The summed E-state index contributed by atoms with van der Waals surface area (Å²) < 4.78 is 0. The highest BCUT2D eigenvalue weighted by atomic mass is 28.3. The maximum absolute atomic E-state index is 9.09. The molecule has 0 heterocycles. The Morgan fingerprint density at radius 2 is 1.73 bits per heavy atom. The van der Waals surface area contributed by atoms with E-state index in [1.165, 1.54) is 32.1 Å². The minimum atomic E-state index is -0.406. The largest absolute Gasteiger partial charge is 0.198 e. The van der Waals surface area contributed by atoms with E-state index in [-0.39, 0.29) is 5.04 Å². The van der Waals surface area contributed by atoms with E-state index in [0.717, 1.165) is 0 Å². The zero-order chi connectivity index (χ0) is 8.32. The van der Waals surface area contributed by atoms with E-state index in [1.54, 1.807) is 0 Å². The van der Waals surface area contributed by atoms with E-state index >= 15 is 0 Å². The molecular formula is C9H16NSi. The SMILES string of the molecule is C[Si](C)C1(C#N)CCCCC1. The van der Waals surface area contributed by atoms with Crippen LogP contribution < -0.4 is 0 Å². The fourth-order valence-electron chi connectivity index (χ4n) is 1.88. The Balaban J connectivity index is 2.67. The molecular weight excluding hydrogens is 150 g/mol. The second-order valence-corrected chi connectivity index (χ2v) is 6.71. The van der Waals surface area contributed by atoms with Crippen molar-refractivity contribution in [2.75, 3.05) is 0 Å². The van der Waals surface area contributed by atoms with Gasteiger partial charge in [0, 0.05) is 5.04 Å². The van der Waals surface area contributed by atoms with Gasteiger partial charge < -0.3 is 0 Å². The van der Waals surface area contributed by atoms with Crippen LogP contribution in [0.3, 0.4) is 0 Å². The lowest BCUT2D eigenvalue weighted by molar-refractivity contribution is 0.435. The fraction of sp³-hybridized carbons (Fsp3) is 0.889. The van der Waals surface area contributed by atoms with E-state index in [0.29, 0.717) is 0 Å². The smallest absolute Gasteiger partial charge is 0.0667 e. The van der Waals surface area contributed by atoms with Crippen LogP contribution in [0, 0.1) is 11.3 Å². The van der Waals surface area contributed by atoms with Crippen LogP contribution >= 0.6 is 0 Å². The number of hydrogen-bond acceptors (Lipinski definition) is 1. The molecule has 1 rings (SSSR count). The molecule has 0 aromatic carbocycles. The van der Waals surface area contributed by atoms with E-state index < -0.39 is 8.80 Å². The Hall–Kier alpha value is -0.293. The van der Waals surface area contributed by atoms with Gasteiger partial charge in [0.1, 0.15) is 0 Å². The van der Waals surface area contributed by atoms with Crippen molar-refractivity contribution in [1.82, 2.24) is 0 Å². The van der Waals surface area contributed by atoms with E-state index in [4.69, 9.17) is 5.26 Å². The molecule has 1 fully saturated rings. The molecule has 0 saturated heterocycles. The topological polar surface area (TPSA) is 23.8 Å². The number of nitriles is 1. The van der Waals surface area contributed by atoms with Gasteiger partial charge in [0.05, 0.1) is 14.9 Å². The van der Waals surface area contributed by atoms with Gasteiger partial charge in [-0.25, -0.2) is 0 Å². The molecule has 0 aromatic rings. The second kappa shape index (κ2) is 3.40. The Bertz CT molecular complexity index is 163. The summed E-state index contributed by atoms with van der Waals surface area (Å²) in [5, 5.41) is 9.22. The zero-order valence-electron chi connectivity index (χ0n) is 7.48. The molecule has 0 amide bonds. The van der Waals surface area contributed by atoms with Crippen molar-refractivity contribution in [3.63, 3.8) is 0 Å². The van der Waals surface area contributed by atoms with Crippen LogP contribution in [0.25, 0.3) is 0 Å². The van der Waals surface area contributed by atoms with Gasteiger partial charge in [-0.3, -0.25) is 0 Å². The standard InChI is InChI=1S/C9H16NSi/c1-11(2)9(8-10)6-4-3-5-7-9/h3-7H2,1-2H3. The summed E-state index contributed by atoms with van der Waals surface area (Å²) in [6.45, 7) is 4.55. The first-order chi connectivity index (χ1) is 5.21. The maximum Gasteiger partial charge on any atom is 0.0667 e. The molecule has 0 spiro atoms. The quantitative estimate of drug-likeness (QED) is 0.549. The number of rotatable bonds is 1. The fourth-order valence-corrected chi connectivity index (χ4v) is 3.46. The lowest BCUT2D eigenvalue weighted by Crippen LogP contribution is -2.28. The zero-order valence-corrected chi connectivity index (χ0v) is 8.48. The van der Waals surface area contributed by atoms with Crippen LogP contribution in [0.5, 0.6) is 0 Å². The Morgan fingerprint density at radius 3 is 2.00 bits per heavy atom. The van der Waals surface area contributed by atoms with Gasteiger partial charge in [-0.2, -0.15) is 5.26 Å². The molecule has 0 aliphatic heterocycles. The maximum atomic E-state index is 9.09. The Kier molecular flexibility index (Phi) is 2.72. The first-order valence-corrected chi connectivity index (χ1v) is 6.93. The second-order valence-electron chi connectivity index (χ2n) is 3.75. The Labute approximate surface area is 71.0 Å². The number of hydrogen-bond donors (Lipinski definition) is 0. The highest BCUT2D eigenvalue weighted by molar-refractivity contribution is 6.60. The summed E-state index contributed by atoms with van der Waals surface area (Å²) in [7, 11) is -0.406. The minimum Gasteiger partial charge on any atom is -0.198 e. The molecule has 11 heavy (non-hydrogen) atoms. The summed E-state index contributed by atoms with van der Waals surface area (Å²) in [6, 6.07) is 2.56. The normalized spacial score (nSPS) is 23.1. The summed E-state index contributed by atoms with van der Waals surface area (Å²) >= 11 is 0. The third-order valence-corrected chi connectivity index (χ3v) is 5.40. The van der Waals surface area contributed by atoms with Gasteiger partial charge in [-0.05, 0) is 12.8 Å². The summed E-state index contributed by atoms with van der Waals surface area (Å²) in [5.74, 6) is 0. The van der Waals surface area contributed by atoms with Gasteiger partial charge in [-0.15, -0.1) is 0 Å². The highest BCUT2D eigenvalue weighted by Gasteiger charge is 2.35. The van der Waals surface area contributed by atoms with Crippen LogP contribution in [-0.2, 0) is 0 Å². The van der Waals surface area contributed by atoms with Crippen LogP contribution in [0.15, 0.2) is 0 Å². The van der Waals surface area contributed by atoms with Crippen LogP contribution in [0.1, 0.15) is 32.1 Å². The van der Waals surface area contributed by atoms with E-state index in [2.05, 4.69) is 19.2 Å². The Morgan fingerprint density at radius 1 is 1.18 bits per heavy atom. The van der Waals surface area contributed by atoms with Crippen LogP contribution in [0.2, 0.25) is 18.1 Å². The third-order valence-electron chi connectivity index (χ3n) is 2.88. The molecule has 0 bridgehead atoms. The first-order valence-electron chi connectivity index (χ1n) is 4.43. The van der Waals surface area contributed by atoms with E-state index in [9.17, 15) is 0 Å². The lowest BCUT2D eigenvalue weighted by atomic mass is 9.89. The summed E-state index contributed by atoms with van der Waals surface area (Å²) in [4.78, 5) is 0. The van der Waals surface area contributed by atoms with Crippen molar-refractivity contribution in [1.29, 1.82) is 5.26 Å². The van der Waals surface area contributed by atoms with Crippen molar-refractivity contribution in [3.8, 4) is 6.07 Å². The summed E-state index contributed by atoms with van der Waals surface area (Å²) in [6.07, 6.45) is 6.25. The monoisotopic (exact) mass is 166 g/mol. The average Bonchev–Trinajstić information content (AvgIpc) is 2.05. The van der Waals surface area contributed by atoms with Gasteiger partial charge in [0.25, 0.3) is 0 Å². The van der Waals surface area contributed by atoms with Crippen molar-refractivity contribution in [2.24, 2.45) is 0 Å². The van der Waals surface area contributed by atoms with Gasteiger partial charge in [0.2, 0.25) is 0 Å². The molecule has 61 valence electrons. The van der Waals surface area contributed by atoms with Gasteiger partial charge in [-0.1, -0.05) is 32.4 Å². The highest BCUT2D eigenvalue weighted by Crippen LogP contribution is 2.44. The van der Waals surface area contributed by atoms with Crippen molar-refractivity contribution in [3.05, 3.63) is 0 Å². The molecule has 1 nitrogen and oxygen atoms in total. The van der Waals surface area contributed by atoms with Crippen LogP contribution in [-0.4, -0.2) is 8.80 Å². The number of nitrogens with zero attached hydrogens (tertiary/aromatic N) is 1. The molecule has 2 heteroatoms. The molecule has 0 unspecified atom stereocenters. The van der Waals surface area contributed by atoms with Crippen molar-refractivity contribution in [2.45, 2.75) is 50.2 Å². The predicted molar refractivity (Wildman–Crippen MR) is 48.9 cm³/mol. The molecule has 1 aliphatic rings. The molecule has 1 saturated carbocycles. The van der Waals surface area contributed by atoms with Gasteiger partial charge in [0.15, 0.2) is 0 Å². The van der Waals surface area contributed by atoms with E-state index in [1.807, 2.05) is 0 Å². The van der Waals surface area contributed by atoms with Crippen molar-refractivity contribution >= 4 is 8.80 Å². The molecule has 0 aromatic heterocycles. The molecule has 0 N–H and O–H groups in total. The third kappa shape index (κ3) is 1.65. The van der Waals surface area contributed by atoms with Crippen molar-refractivity contribution < 1.29 is 0 Å². The lowest BCUT2D eigenvalue weighted by Gasteiger charge is -2.33. The molecule has 0 atom stereocenters. The predicted octanol–water partition coefficient (Wildman–Crippen LogP) is 2.97. The molecule has 1 aliphatic carbocycles. The van der Waals surface area contributed by atoms with Gasteiger partial charge >= 0.3 is 0 Å². The average molecular weight is 166 g/mol.